The van der Waals surface area contributed by atoms with E-state index in [-0.39, 0.29) is 12.5 Å². The van der Waals surface area contributed by atoms with Crippen molar-refractivity contribution in [2.24, 2.45) is 0 Å². The van der Waals surface area contributed by atoms with Gasteiger partial charge in [-0.15, -0.1) is 11.3 Å². The molecule has 1 N–H and O–H groups in total. The van der Waals surface area contributed by atoms with Crippen LogP contribution < -0.4 is 10.1 Å². The lowest BCUT2D eigenvalue weighted by Crippen LogP contribution is -2.20. The molecule has 0 aromatic carbocycles. The summed E-state index contributed by atoms with van der Waals surface area (Å²) in [6.45, 7) is 6.21. The molecule has 3 aromatic rings. The Labute approximate surface area is 150 Å². The largest absolute Gasteiger partial charge is 0.480 e. The van der Waals surface area contributed by atoms with E-state index in [1.807, 2.05) is 30.7 Å². The lowest BCUT2D eigenvalue weighted by molar-refractivity contribution is -0.116. The number of nitrogens with zero attached hydrogens (tertiary/aromatic N) is 3. The molecule has 3 rings (SSSR count). The molecule has 25 heavy (non-hydrogen) atoms. The molecule has 3 aromatic heterocycles. The highest BCUT2D eigenvalue weighted by atomic mass is 32.1. The number of hydrogen-bond donors (Lipinski definition) is 1. The number of pyridine rings is 1. The van der Waals surface area contributed by atoms with Crippen LogP contribution in [0.15, 0.2) is 29.8 Å². The van der Waals surface area contributed by atoms with Gasteiger partial charge in [-0.2, -0.15) is 0 Å². The highest BCUT2D eigenvalue weighted by Crippen LogP contribution is 2.28. The molecule has 0 aliphatic carbocycles. The predicted molar refractivity (Wildman–Crippen MR) is 99.2 cm³/mol. The molecule has 0 aliphatic rings. The SMILES string of the molecule is COc1ncccc1NC(=O)Cn1c(C)cc(-c2csc(C)n2)c1C. The number of methoxy groups -OCH3 is 1. The number of aromatic nitrogens is 3. The van der Waals surface area contributed by atoms with E-state index in [0.717, 1.165) is 27.7 Å². The molecule has 7 heteroatoms. The monoisotopic (exact) mass is 356 g/mol. The molecule has 0 bridgehead atoms. The fraction of sp³-hybridized carbons (Fsp3) is 0.278. The fourth-order valence-electron chi connectivity index (χ4n) is 2.77. The smallest absolute Gasteiger partial charge is 0.244 e. The minimum Gasteiger partial charge on any atom is -0.480 e. The highest BCUT2D eigenvalue weighted by Gasteiger charge is 2.16. The number of carbonyl (C=O) groups is 1. The van der Waals surface area contributed by atoms with Gasteiger partial charge in [-0.25, -0.2) is 9.97 Å². The molecule has 0 atom stereocenters. The minimum absolute atomic E-state index is 0.130. The van der Waals surface area contributed by atoms with Crippen molar-refractivity contribution in [1.29, 1.82) is 0 Å². The van der Waals surface area contributed by atoms with E-state index in [1.165, 1.54) is 7.11 Å². The van der Waals surface area contributed by atoms with Crippen LogP contribution in [0.1, 0.15) is 16.4 Å². The van der Waals surface area contributed by atoms with Crippen LogP contribution in [-0.4, -0.2) is 27.6 Å². The molecule has 0 unspecified atom stereocenters. The fourth-order valence-corrected chi connectivity index (χ4v) is 3.39. The molecule has 0 aliphatic heterocycles. The van der Waals surface area contributed by atoms with Crippen molar-refractivity contribution in [3.63, 3.8) is 0 Å². The number of hydrogen-bond acceptors (Lipinski definition) is 5. The molecule has 6 nitrogen and oxygen atoms in total. The number of ether oxygens (including phenoxy) is 1. The maximum absolute atomic E-state index is 12.5. The summed E-state index contributed by atoms with van der Waals surface area (Å²) in [5.41, 5.74) is 4.63. The summed E-state index contributed by atoms with van der Waals surface area (Å²) in [6.07, 6.45) is 1.62. The maximum atomic E-state index is 12.5. The first kappa shape index (κ1) is 17.2. The number of aryl methyl sites for hydroxylation is 2. The van der Waals surface area contributed by atoms with E-state index >= 15 is 0 Å². The van der Waals surface area contributed by atoms with E-state index < -0.39 is 0 Å². The third kappa shape index (κ3) is 3.56. The van der Waals surface area contributed by atoms with Gasteiger partial charge in [-0.05, 0) is 39.0 Å². The Bertz CT molecular complexity index is 914. The van der Waals surface area contributed by atoms with Crippen LogP contribution >= 0.6 is 11.3 Å². The second kappa shape index (κ2) is 7.06. The maximum Gasteiger partial charge on any atom is 0.244 e. The number of nitrogens with one attached hydrogen (secondary N) is 1. The van der Waals surface area contributed by atoms with E-state index in [1.54, 1.807) is 29.7 Å². The van der Waals surface area contributed by atoms with Gasteiger partial charge < -0.3 is 14.6 Å². The first-order valence-electron chi connectivity index (χ1n) is 7.87. The van der Waals surface area contributed by atoms with Crippen LogP contribution in [-0.2, 0) is 11.3 Å². The Kier molecular flexibility index (Phi) is 4.85. The summed E-state index contributed by atoms with van der Waals surface area (Å²) in [6, 6.07) is 5.59. The minimum atomic E-state index is -0.130. The summed E-state index contributed by atoms with van der Waals surface area (Å²) in [5, 5.41) is 5.93. The van der Waals surface area contributed by atoms with E-state index in [9.17, 15) is 4.79 Å². The van der Waals surface area contributed by atoms with E-state index in [0.29, 0.717) is 11.6 Å². The Morgan fingerprint density at radius 2 is 2.16 bits per heavy atom. The number of rotatable bonds is 5. The summed E-state index contributed by atoms with van der Waals surface area (Å²) in [4.78, 5) is 21.1. The van der Waals surface area contributed by atoms with Crippen LogP contribution in [0.3, 0.4) is 0 Å². The number of anilines is 1. The first-order chi connectivity index (χ1) is 12.0. The third-order valence-corrected chi connectivity index (χ3v) is 4.78. The highest BCUT2D eigenvalue weighted by molar-refractivity contribution is 7.09. The average Bonchev–Trinajstić information content (AvgIpc) is 3.13. The third-order valence-electron chi connectivity index (χ3n) is 4.01. The average molecular weight is 356 g/mol. The lowest BCUT2D eigenvalue weighted by atomic mass is 10.2. The van der Waals surface area contributed by atoms with Gasteiger partial charge in [0.1, 0.15) is 12.2 Å². The van der Waals surface area contributed by atoms with Gasteiger partial charge >= 0.3 is 0 Å². The molecule has 0 spiro atoms. The zero-order valence-electron chi connectivity index (χ0n) is 14.7. The van der Waals surface area contributed by atoms with Crippen molar-refractivity contribution >= 4 is 22.9 Å². The van der Waals surface area contributed by atoms with Crippen molar-refractivity contribution in [3.8, 4) is 17.1 Å². The summed E-state index contributed by atoms with van der Waals surface area (Å²) in [7, 11) is 1.53. The second-order valence-corrected chi connectivity index (χ2v) is 6.79. The van der Waals surface area contributed by atoms with Crippen LogP contribution in [0.2, 0.25) is 0 Å². The van der Waals surface area contributed by atoms with Gasteiger partial charge in [-0.3, -0.25) is 4.79 Å². The zero-order chi connectivity index (χ0) is 18.0. The van der Waals surface area contributed by atoms with Gasteiger partial charge in [0.2, 0.25) is 11.8 Å². The normalized spacial score (nSPS) is 10.7. The Hall–Kier alpha value is -2.67. The van der Waals surface area contributed by atoms with Gasteiger partial charge in [-0.1, -0.05) is 0 Å². The summed E-state index contributed by atoms with van der Waals surface area (Å²) >= 11 is 1.62. The number of thiazole rings is 1. The Balaban J connectivity index is 1.81. The van der Waals surface area contributed by atoms with Crippen molar-refractivity contribution < 1.29 is 9.53 Å². The van der Waals surface area contributed by atoms with Crippen molar-refractivity contribution in [3.05, 3.63) is 46.2 Å². The van der Waals surface area contributed by atoms with Gasteiger partial charge in [0.15, 0.2) is 0 Å². The standard InChI is InChI=1S/C18H20N4O2S/c1-11-8-14(16-10-25-13(3)20-16)12(2)22(11)9-17(23)21-15-6-5-7-19-18(15)24-4/h5-8,10H,9H2,1-4H3,(H,21,23). The zero-order valence-corrected chi connectivity index (χ0v) is 15.5. The Morgan fingerprint density at radius 3 is 2.84 bits per heavy atom. The van der Waals surface area contributed by atoms with E-state index in [4.69, 9.17) is 4.74 Å². The molecule has 3 heterocycles. The van der Waals surface area contributed by atoms with Gasteiger partial charge in [0.05, 0.1) is 17.8 Å². The topological polar surface area (TPSA) is 69.0 Å². The van der Waals surface area contributed by atoms with Gasteiger partial charge in [0.25, 0.3) is 0 Å². The summed E-state index contributed by atoms with van der Waals surface area (Å²) < 4.78 is 7.16. The van der Waals surface area contributed by atoms with Crippen LogP contribution in [0.5, 0.6) is 5.88 Å². The molecular formula is C18H20N4O2S. The lowest BCUT2D eigenvalue weighted by Gasteiger charge is -2.12. The molecular weight excluding hydrogens is 336 g/mol. The molecule has 1 amide bonds. The van der Waals surface area contributed by atoms with Crippen molar-refractivity contribution in [2.75, 3.05) is 12.4 Å². The molecule has 0 saturated heterocycles. The first-order valence-corrected chi connectivity index (χ1v) is 8.75. The van der Waals surface area contributed by atoms with Crippen molar-refractivity contribution in [1.82, 2.24) is 14.5 Å². The quantitative estimate of drug-likeness (QED) is 0.759. The van der Waals surface area contributed by atoms with Gasteiger partial charge in [0, 0.05) is 28.5 Å². The number of carbonyl (C=O) groups excluding carboxylic acids is 1. The van der Waals surface area contributed by atoms with Crippen LogP contribution in [0.4, 0.5) is 5.69 Å². The second-order valence-electron chi connectivity index (χ2n) is 5.73. The van der Waals surface area contributed by atoms with Crippen molar-refractivity contribution in [2.45, 2.75) is 27.3 Å². The van der Waals surface area contributed by atoms with Crippen LogP contribution in [0, 0.1) is 20.8 Å². The Morgan fingerprint density at radius 1 is 1.36 bits per heavy atom. The molecule has 0 saturated carbocycles. The van der Waals surface area contributed by atoms with E-state index in [2.05, 4.69) is 21.4 Å². The number of amides is 1. The molecule has 0 radical (unpaired) electrons. The summed E-state index contributed by atoms with van der Waals surface area (Å²) in [5.74, 6) is 0.268. The predicted octanol–water partition coefficient (Wildman–Crippen LogP) is 3.58. The molecule has 130 valence electrons. The molecule has 0 fully saturated rings. The van der Waals surface area contributed by atoms with Crippen LogP contribution in [0.25, 0.3) is 11.3 Å².